The summed E-state index contributed by atoms with van der Waals surface area (Å²) in [7, 11) is 1.74. The van der Waals surface area contributed by atoms with E-state index in [1.54, 1.807) is 29.0 Å². The number of hydrogen-bond donors (Lipinski definition) is 1. The number of hydrogen-bond acceptors (Lipinski definition) is 3. The van der Waals surface area contributed by atoms with E-state index >= 15 is 0 Å². The molecule has 0 fully saturated rings. The predicted molar refractivity (Wildman–Crippen MR) is 88.4 cm³/mol. The maximum atomic E-state index is 12.9. The van der Waals surface area contributed by atoms with Crippen molar-refractivity contribution < 1.29 is 14.0 Å². The highest BCUT2D eigenvalue weighted by Crippen LogP contribution is 2.12. The first-order valence-electron chi connectivity index (χ1n) is 7.88. The lowest BCUT2D eigenvalue weighted by molar-refractivity contribution is -0.132. The van der Waals surface area contributed by atoms with Crippen molar-refractivity contribution in [2.45, 2.75) is 26.8 Å². The van der Waals surface area contributed by atoms with Crippen molar-refractivity contribution in [1.29, 1.82) is 0 Å². The first-order chi connectivity index (χ1) is 10.9. The van der Waals surface area contributed by atoms with Crippen LogP contribution in [0.25, 0.3) is 0 Å². The van der Waals surface area contributed by atoms with Gasteiger partial charge in [-0.1, -0.05) is 12.1 Å². The zero-order chi connectivity index (χ0) is 17.4. The molecule has 0 saturated carbocycles. The summed E-state index contributed by atoms with van der Waals surface area (Å²) >= 11 is 0. The van der Waals surface area contributed by atoms with Gasteiger partial charge in [0.1, 0.15) is 5.82 Å². The van der Waals surface area contributed by atoms with Gasteiger partial charge in [0.25, 0.3) is 0 Å². The monoisotopic (exact) mass is 323 g/mol. The van der Waals surface area contributed by atoms with Gasteiger partial charge in [-0.2, -0.15) is 0 Å². The van der Waals surface area contributed by atoms with Gasteiger partial charge in [-0.15, -0.1) is 0 Å². The van der Waals surface area contributed by atoms with Crippen molar-refractivity contribution in [3.05, 3.63) is 35.6 Å². The number of nitrogens with zero attached hydrogens (tertiary/aromatic N) is 2. The highest BCUT2D eigenvalue weighted by Gasteiger charge is 2.16. The quantitative estimate of drug-likeness (QED) is 0.794. The Balaban J connectivity index is 2.46. The number of rotatable bonds is 8. The molecule has 0 radical (unpaired) electrons. The highest BCUT2D eigenvalue weighted by atomic mass is 19.1. The molecule has 0 unspecified atom stereocenters. The maximum Gasteiger partial charge on any atom is 0.236 e. The third kappa shape index (κ3) is 6.36. The van der Waals surface area contributed by atoms with E-state index in [9.17, 15) is 14.0 Å². The van der Waals surface area contributed by atoms with Crippen molar-refractivity contribution >= 4 is 11.8 Å². The van der Waals surface area contributed by atoms with Crippen LogP contribution in [-0.4, -0.2) is 54.8 Å². The molecule has 6 heteroatoms. The number of nitrogens with one attached hydrogen (secondary N) is 1. The number of amides is 2. The topological polar surface area (TPSA) is 52.7 Å². The van der Waals surface area contributed by atoms with E-state index in [1.807, 2.05) is 20.8 Å². The smallest absolute Gasteiger partial charge is 0.236 e. The second-order valence-electron chi connectivity index (χ2n) is 5.58. The molecule has 0 heterocycles. The predicted octanol–water partition coefficient (Wildman–Crippen LogP) is 1.80. The molecule has 0 aliphatic heterocycles. The lowest BCUT2D eigenvalue weighted by Crippen LogP contribution is -2.43. The minimum absolute atomic E-state index is 0.0110. The summed E-state index contributed by atoms with van der Waals surface area (Å²) in [6.07, 6.45) is 0. The van der Waals surface area contributed by atoms with Crippen LogP contribution >= 0.6 is 0 Å². The SMILES string of the molecule is CCN(CC)C(=O)CN(C)CC(=O)N[C@H](C)c1ccc(F)cc1. The van der Waals surface area contributed by atoms with E-state index in [1.165, 1.54) is 12.1 Å². The molecule has 0 aliphatic carbocycles. The first kappa shape index (κ1) is 19.1. The molecule has 0 saturated heterocycles. The van der Waals surface area contributed by atoms with Gasteiger partial charge >= 0.3 is 0 Å². The van der Waals surface area contributed by atoms with Crippen LogP contribution in [0.4, 0.5) is 4.39 Å². The Bertz CT molecular complexity index is 515. The van der Waals surface area contributed by atoms with Crippen molar-refractivity contribution in [3.63, 3.8) is 0 Å². The molecule has 1 N–H and O–H groups in total. The fourth-order valence-corrected chi connectivity index (χ4v) is 2.33. The standard InChI is InChI=1S/C17H26FN3O2/c1-5-21(6-2)17(23)12-20(4)11-16(22)19-13(3)14-7-9-15(18)10-8-14/h7-10,13H,5-6,11-12H2,1-4H3,(H,19,22)/t13-/m1/s1. The summed E-state index contributed by atoms with van der Waals surface area (Å²) in [4.78, 5) is 27.5. The van der Waals surface area contributed by atoms with Crippen LogP contribution in [0.1, 0.15) is 32.4 Å². The van der Waals surface area contributed by atoms with Crippen LogP contribution in [0.3, 0.4) is 0 Å². The molecule has 1 rings (SSSR count). The van der Waals surface area contributed by atoms with E-state index in [-0.39, 0.29) is 36.8 Å². The van der Waals surface area contributed by atoms with Gasteiger partial charge in [0.2, 0.25) is 11.8 Å². The highest BCUT2D eigenvalue weighted by molar-refractivity contribution is 5.81. The Morgan fingerprint density at radius 1 is 1.13 bits per heavy atom. The zero-order valence-electron chi connectivity index (χ0n) is 14.3. The Hall–Kier alpha value is -1.95. The molecule has 0 bridgehead atoms. The van der Waals surface area contributed by atoms with Crippen molar-refractivity contribution in [3.8, 4) is 0 Å². The van der Waals surface area contributed by atoms with Crippen molar-refractivity contribution in [2.75, 3.05) is 33.2 Å². The van der Waals surface area contributed by atoms with Crippen LogP contribution in [0.2, 0.25) is 0 Å². The minimum Gasteiger partial charge on any atom is -0.348 e. The fourth-order valence-electron chi connectivity index (χ4n) is 2.33. The Kier molecular flexibility index (Phi) is 7.68. The molecule has 2 amide bonds. The number of carbonyl (C=O) groups is 2. The van der Waals surface area contributed by atoms with Gasteiger partial charge in [0.05, 0.1) is 19.1 Å². The molecule has 23 heavy (non-hydrogen) atoms. The summed E-state index contributed by atoms with van der Waals surface area (Å²) in [6, 6.07) is 5.82. The van der Waals surface area contributed by atoms with Gasteiger partial charge < -0.3 is 10.2 Å². The first-order valence-corrected chi connectivity index (χ1v) is 7.88. The molecule has 0 spiro atoms. The Morgan fingerprint density at radius 2 is 1.70 bits per heavy atom. The Labute approximate surface area is 137 Å². The number of halogens is 1. The van der Waals surface area contributed by atoms with Crippen LogP contribution < -0.4 is 5.32 Å². The lowest BCUT2D eigenvalue weighted by Gasteiger charge is -2.23. The van der Waals surface area contributed by atoms with E-state index in [2.05, 4.69) is 5.32 Å². The van der Waals surface area contributed by atoms with Gasteiger partial charge in [-0.25, -0.2) is 4.39 Å². The normalized spacial score (nSPS) is 12.1. The minimum atomic E-state index is -0.304. The molecule has 128 valence electrons. The second kappa shape index (κ2) is 9.25. The van der Waals surface area contributed by atoms with Gasteiger partial charge in [0.15, 0.2) is 0 Å². The maximum absolute atomic E-state index is 12.9. The number of carbonyl (C=O) groups excluding carboxylic acids is 2. The molecule has 0 aliphatic rings. The zero-order valence-corrected chi connectivity index (χ0v) is 14.3. The van der Waals surface area contributed by atoms with Gasteiger partial charge in [0, 0.05) is 13.1 Å². The van der Waals surface area contributed by atoms with Gasteiger partial charge in [-0.3, -0.25) is 14.5 Å². The average Bonchev–Trinajstić information content (AvgIpc) is 2.48. The summed E-state index contributed by atoms with van der Waals surface area (Å²) in [5.41, 5.74) is 0.835. The van der Waals surface area contributed by atoms with Gasteiger partial charge in [-0.05, 0) is 45.5 Å². The van der Waals surface area contributed by atoms with E-state index < -0.39 is 0 Å². The van der Waals surface area contributed by atoms with Crippen LogP contribution in [0.5, 0.6) is 0 Å². The molecule has 5 nitrogen and oxygen atoms in total. The molecular weight excluding hydrogens is 297 g/mol. The summed E-state index contributed by atoms with van der Waals surface area (Å²) < 4.78 is 12.9. The largest absolute Gasteiger partial charge is 0.348 e. The second-order valence-corrected chi connectivity index (χ2v) is 5.58. The lowest BCUT2D eigenvalue weighted by atomic mass is 10.1. The van der Waals surface area contributed by atoms with E-state index in [4.69, 9.17) is 0 Å². The van der Waals surface area contributed by atoms with E-state index in [0.717, 1.165) is 5.56 Å². The van der Waals surface area contributed by atoms with Crippen molar-refractivity contribution in [2.24, 2.45) is 0 Å². The molecule has 1 aromatic carbocycles. The molecule has 1 aromatic rings. The van der Waals surface area contributed by atoms with Crippen LogP contribution in [-0.2, 0) is 9.59 Å². The third-order valence-corrected chi connectivity index (χ3v) is 3.68. The van der Waals surface area contributed by atoms with Crippen LogP contribution in [0, 0.1) is 5.82 Å². The molecule has 0 aromatic heterocycles. The number of benzene rings is 1. The van der Waals surface area contributed by atoms with Crippen LogP contribution in [0.15, 0.2) is 24.3 Å². The third-order valence-electron chi connectivity index (χ3n) is 3.68. The number of likely N-dealkylation sites (N-methyl/N-ethyl adjacent to an activating group) is 2. The average molecular weight is 323 g/mol. The summed E-state index contributed by atoms with van der Waals surface area (Å²) in [5.74, 6) is -0.463. The Morgan fingerprint density at radius 3 is 2.22 bits per heavy atom. The van der Waals surface area contributed by atoms with Crippen molar-refractivity contribution in [1.82, 2.24) is 15.1 Å². The van der Waals surface area contributed by atoms with E-state index in [0.29, 0.717) is 13.1 Å². The summed E-state index contributed by atoms with van der Waals surface area (Å²) in [6.45, 7) is 7.37. The summed E-state index contributed by atoms with van der Waals surface area (Å²) in [5, 5.41) is 2.85. The fraction of sp³-hybridized carbons (Fsp3) is 0.529. The molecular formula is C17H26FN3O2. The molecule has 1 atom stereocenters.